The lowest BCUT2D eigenvalue weighted by Gasteiger charge is -2.01. The molecule has 0 saturated carbocycles. The number of aryl methyl sites for hydroxylation is 1. The van der Waals surface area contributed by atoms with E-state index in [0.717, 1.165) is 16.9 Å². The average Bonchev–Trinajstić information content (AvgIpc) is 3.10. The van der Waals surface area contributed by atoms with Crippen LogP contribution in [0.4, 0.5) is 9.52 Å². The van der Waals surface area contributed by atoms with Gasteiger partial charge in [-0.25, -0.2) is 9.37 Å². The molecule has 1 heterocycles. The number of amides is 1. The van der Waals surface area contributed by atoms with Crippen LogP contribution in [0.1, 0.15) is 21.6 Å². The van der Waals surface area contributed by atoms with Gasteiger partial charge in [0, 0.05) is 17.5 Å². The SMILES string of the molecule is Cc1ccc(Cc2cnc(NC(=O)/C(C#N)=C/c3ccc(F)cc3)s2)cc1. The van der Waals surface area contributed by atoms with Crippen molar-refractivity contribution in [1.82, 2.24) is 4.98 Å². The summed E-state index contributed by atoms with van der Waals surface area (Å²) < 4.78 is 13.0. The van der Waals surface area contributed by atoms with Crippen molar-refractivity contribution < 1.29 is 9.18 Å². The van der Waals surface area contributed by atoms with Crippen LogP contribution < -0.4 is 5.32 Å². The van der Waals surface area contributed by atoms with Gasteiger partial charge in [0.25, 0.3) is 5.91 Å². The zero-order chi connectivity index (χ0) is 19.2. The smallest absolute Gasteiger partial charge is 0.268 e. The number of aromatic nitrogens is 1. The monoisotopic (exact) mass is 377 g/mol. The maximum atomic E-state index is 13.0. The Morgan fingerprint density at radius 3 is 2.59 bits per heavy atom. The van der Waals surface area contributed by atoms with Crippen LogP contribution in [0, 0.1) is 24.1 Å². The molecule has 1 amide bonds. The molecule has 0 aliphatic rings. The molecule has 1 aromatic heterocycles. The fraction of sp³-hybridized carbons (Fsp3) is 0.0952. The Balaban J connectivity index is 1.68. The highest BCUT2D eigenvalue weighted by molar-refractivity contribution is 7.15. The normalized spacial score (nSPS) is 11.1. The van der Waals surface area contributed by atoms with Crippen LogP contribution in [-0.4, -0.2) is 10.9 Å². The molecule has 27 heavy (non-hydrogen) atoms. The van der Waals surface area contributed by atoms with Crippen LogP contribution in [0.15, 0.2) is 60.3 Å². The predicted molar refractivity (Wildman–Crippen MR) is 105 cm³/mol. The van der Waals surface area contributed by atoms with E-state index in [1.807, 2.05) is 13.0 Å². The molecule has 0 aliphatic heterocycles. The van der Waals surface area contributed by atoms with Crippen molar-refractivity contribution in [1.29, 1.82) is 5.26 Å². The van der Waals surface area contributed by atoms with E-state index in [4.69, 9.17) is 0 Å². The molecule has 134 valence electrons. The van der Waals surface area contributed by atoms with E-state index in [1.54, 1.807) is 6.20 Å². The number of thiazole rings is 1. The van der Waals surface area contributed by atoms with Crippen molar-refractivity contribution in [2.24, 2.45) is 0 Å². The molecule has 0 aliphatic carbocycles. The highest BCUT2D eigenvalue weighted by Crippen LogP contribution is 2.22. The second kappa shape index (κ2) is 8.39. The summed E-state index contributed by atoms with van der Waals surface area (Å²) in [6, 6.07) is 15.7. The van der Waals surface area contributed by atoms with Gasteiger partial charge in [0.1, 0.15) is 17.5 Å². The summed E-state index contributed by atoms with van der Waals surface area (Å²) in [5.74, 6) is -0.919. The van der Waals surface area contributed by atoms with Gasteiger partial charge in [0.2, 0.25) is 0 Å². The molecule has 3 aromatic rings. The maximum absolute atomic E-state index is 13.0. The lowest BCUT2D eigenvalue weighted by atomic mass is 10.1. The Labute approximate surface area is 160 Å². The molecular weight excluding hydrogens is 361 g/mol. The fourth-order valence-corrected chi connectivity index (χ4v) is 3.23. The van der Waals surface area contributed by atoms with Gasteiger partial charge in [0.15, 0.2) is 5.13 Å². The summed E-state index contributed by atoms with van der Waals surface area (Å²) in [6.45, 7) is 2.04. The van der Waals surface area contributed by atoms with Crippen LogP contribution in [-0.2, 0) is 11.2 Å². The molecule has 6 heteroatoms. The van der Waals surface area contributed by atoms with Crippen molar-refractivity contribution in [3.63, 3.8) is 0 Å². The number of rotatable bonds is 5. The van der Waals surface area contributed by atoms with Crippen LogP contribution in [0.5, 0.6) is 0 Å². The minimum absolute atomic E-state index is 0.0723. The summed E-state index contributed by atoms with van der Waals surface area (Å²) in [5, 5.41) is 12.3. The van der Waals surface area contributed by atoms with Crippen molar-refractivity contribution in [2.75, 3.05) is 5.32 Å². The number of nitriles is 1. The number of nitrogens with one attached hydrogen (secondary N) is 1. The van der Waals surface area contributed by atoms with E-state index in [-0.39, 0.29) is 11.4 Å². The number of halogens is 1. The number of hydrogen-bond donors (Lipinski definition) is 1. The third kappa shape index (κ3) is 5.09. The first kappa shape index (κ1) is 18.5. The molecule has 0 spiro atoms. The van der Waals surface area contributed by atoms with Gasteiger partial charge in [-0.2, -0.15) is 5.26 Å². The summed E-state index contributed by atoms with van der Waals surface area (Å²) in [5.41, 5.74) is 2.86. The number of carbonyl (C=O) groups is 1. The zero-order valence-corrected chi connectivity index (χ0v) is 15.4. The van der Waals surface area contributed by atoms with Crippen LogP contribution in [0.25, 0.3) is 6.08 Å². The van der Waals surface area contributed by atoms with E-state index in [9.17, 15) is 14.4 Å². The van der Waals surface area contributed by atoms with E-state index in [0.29, 0.717) is 10.7 Å². The van der Waals surface area contributed by atoms with Crippen molar-refractivity contribution >= 4 is 28.5 Å². The van der Waals surface area contributed by atoms with Gasteiger partial charge in [0.05, 0.1) is 0 Å². The lowest BCUT2D eigenvalue weighted by Crippen LogP contribution is -2.13. The quantitative estimate of drug-likeness (QED) is 0.516. The third-order valence-electron chi connectivity index (χ3n) is 3.82. The van der Waals surface area contributed by atoms with Crippen LogP contribution in [0.3, 0.4) is 0 Å². The van der Waals surface area contributed by atoms with Crippen molar-refractivity contribution in [3.8, 4) is 6.07 Å². The molecule has 3 rings (SSSR count). The Bertz CT molecular complexity index is 1010. The number of nitrogens with zero attached hydrogens (tertiary/aromatic N) is 2. The second-order valence-electron chi connectivity index (χ2n) is 5.97. The van der Waals surface area contributed by atoms with Gasteiger partial charge < -0.3 is 0 Å². The first-order valence-electron chi connectivity index (χ1n) is 8.22. The fourth-order valence-electron chi connectivity index (χ4n) is 2.39. The topological polar surface area (TPSA) is 65.8 Å². The Kier molecular flexibility index (Phi) is 5.74. The maximum Gasteiger partial charge on any atom is 0.268 e. The van der Waals surface area contributed by atoms with Gasteiger partial charge in [-0.05, 0) is 36.3 Å². The first-order valence-corrected chi connectivity index (χ1v) is 9.04. The zero-order valence-electron chi connectivity index (χ0n) is 14.6. The summed E-state index contributed by atoms with van der Waals surface area (Å²) >= 11 is 1.37. The third-order valence-corrected chi connectivity index (χ3v) is 4.73. The molecule has 0 fully saturated rings. The Morgan fingerprint density at radius 1 is 1.22 bits per heavy atom. The Hall–Kier alpha value is -3.30. The van der Waals surface area contributed by atoms with Crippen LogP contribution in [0.2, 0.25) is 0 Å². The van der Waals surface area contributed by atoms with Crippen LogP contribution >= 0.6 is 11.3 Å². The largest absolute Gasteiger partial charge is 0.297 e. The van der Waals surface area contributed by atoms with E-state index >= 15 is 0 Å². The standard InChI is InChI=1S/C21H16FN3OS/c1-14-2-4-16(5-3-14)11-19-13-24-21(27-19)25-20(26)17(12-23)10-15-6-8-18(22)9-7-15/h2-10,13H,11H2,1H3,(H,24,25,26)/b17-10+. The highest BCUT2D eigenvalue weighted by Gasteiger charge is 2.12. The molecule has 0 bridgehead atoms. The van der Waals surface area contributed by atoms with Gasteiger partial charge in [-0.3, -0.25) is 10.1 Å². The van der Waals surface area contributed by atoms with Crippen molar-refractivity contribution in [3.05, 3.63) is 87.7 Å². The van der Waals surface area contributed by atoms with Gasteiger partial charge in [-0.1, -0.05) is 42.0 Å². The number of anilines is 1. The van der Waals surface area contributed by atoms with Gasteiger partial charge in [-0.15, -0.1) is 11.3 Å². The van der Waals surface area contributed by atoms with Crippen molar-refractivity contribution in [2.45, 2.75) is 13.3 Å². The highest BCUT2D eigenvalue weighted by atomic mass is 32.1. The molecule has 0 radical (unpaired) electrons. The van der Waals surface area contributed by atoms with E-state index in [1.165, 1.54) is 47.2 Å². The average molecular weight is 377 g/mol. The second-order valence-corrected chi connectivity index (χ2v) is 7.08. The number of carbonyl (C=O) groups excluding carboxylic acids is 1. The van der Waals surface area contributed by atoms with Gasteiger partial charge >= 0.3 is 0 Å². The summed E-state index contributed by atoms with van der Waals surface area (Å²) in [7, 11) is 0. The minimum Gasteiger partial charge on any atom is -0.297 e. The first-order chi connectivity index (χ1) is 13.0. The number of hydrogen-bond acceptors (Lipinski definition) is 4. The summed E-state index contributed by atoms with van der Waals surface area (Å²) in [6.07, 6.45) is 3.86. The molecule has 2 aromatic carbocycles. The molecular formula is C21H16FN3OS. The minimum atomic E-state index is -0.543. The molecule has 1 N–H and O–H groups in total. The van der Waals surface area contributed by atoms with E-state index < -0.39 is 5.91 Å². The Morgan fingerprint density at radius 2 is 1.93 bits per heavy atom. The molecule has 4 nitrogen and oxygen atoms in total. The predicted octanol–water partition coefficient (Wildman–Crippen LogP) is 4.73. The lowest BCUT2D eigenvalue weighted by molar-refractivity contribution is -0.112. The number of benzene rings is 2. The molecule has 0 unspecified atom stereocenters. The van der Waals surface area contributed by atoms with E-state index in [2.05, 4.69) is 34.6 Å². The molecule has 0 saturated heterocycles. The molecule has 0 atom stereocenters. The summed E-state index contributed by atoms with van der Waals surface area (Å²) in [4.78, 5) is 17.5.